The van der Waals surface area contributed by atoms with Crippen LogP contribution in [0.1, 0.15) is 45.4 Å². The van der Waals surface area contributed by atoms with Crippen molar-refractivity contribution in [2.24, 2.45) is 17.4 Å². The highest BCUT2D eigenvalue weighted by Gasteiger charge is 2.23. The quantitative estimate of drug-likeness (QED) is 0.676. The van der Waals surface area contributed by atoms with Crippen LogP contribution in [-0.4, -0.2) is 12.1 Å². The lowest BCUT2D eigenvalue weighted by Gasteiger charge is -2.30. The molecular weight excluding hydrogens is 148 g/mol. The highest BCUT2D eigenvalue weighted by molar-refractivity contribution is 4.83. The largest absolute Gasteiger partial charge is 0.329 e. The Kier molecular flexibility index (Phi) is 3.53. The molecule has 0 amide bonds. The summed E-state index contributed by atoms with van der Waals surface area (Å²) >= 11 is 0. The van der Waals surface area contributed by atoms with E-state index in [0.29, 0.717) is 6.54 Å². The maximum Gasteiger partial charge on any atom is 0.0252 e. The molecule has 12 heavy (non-hydrogen) atoms. The lowest BCUT2D eigenvalue weighted by atomic mass is 9.80. The van der Waals surface area contributed by atoms with Gasteiger partial charge in [0.05, 0.1) is 0 Å². The van der Waals surface area contributed by atoms with Crippen molar-refractivity contribution >= 4 is 0 Å². The Morgan fingerprint density at radius 2 is 1.83 bits per heavy atom. The topological polar surface area (TPSA) is 52.0 Å². The van der Waals surface area contributed by atoms with E-state index in [1.54, 1.807) is 0 Å². The molecule has 1 atom stereocenters. The van der Waals surface area contributed by atoms with Gasteiger partial charge >= 0.3 is 0 Å². The Morgan fingerprint density at radius 3 is 2.33 bits per heavy atom. The Bertz CT molecular complexity index is 126. The van der Waals surface area contributed by atoms with Crippen LogP contribution in [0.3, 0.4) is 0 Å². The molecule has 0 aromatic heterocycles. The summed E-state index contributed by atoms with van der Waals surface area (Å²) < 4.78 is 0. The first kappa shape index (κ1) is 10.0. The van der Waals surface area contributed by atoms with Crippen molar-refractivity contribution in [2.45, 2.75) is 51.0 Å². The van der Waals surface area contributed by atoms with E-state index in [0.717, 1.165) is 12.3 Å². The van der Waals surface area contributed by atoms with E-state index in [1.807, 2.05) is 0 Å². The van der Waals surface area contributed by atoms with Gasteiger partial charge in [0.2, 0.25) is 0 Å². The van der Waals surface area contributed by atoms with Crippen LogP contribution < -0.4 is 11.5 Å². The first-order chi connectivity index (χ1) is 5.64. The summed E-state index contributed by atoms with van der Waals surface area (Å²) in [6, 6.07) is 0. The monoisotopic (exact) mass is 170 g/mol. The maximum absolute atomic E-state index is 6.02. The summed E-state index contributed by atoms with van der Waals surface area (Å²) in [6.07, 6.45) is 8.06. The first-order valence-electron chi connectivity index (χ1n) is 5.13. The molecule has 72 valence electrons. The van der Waals surface area contributed by atoms with Crippen molar-refractivity contribution in [3.05, 3.63) is 0 Å². The molecule has 0 radical (unpaired) electrons. The van der Waals surface area contributed by atoms with Gasteiger partial charge in [0, 0.05) is 12.1 Å². The molecule has 2 heteroatoms. The van der Waals surface area contributed by atoms with E-state index in [2.05, 4.69) is 6.92 Å². The second-order valence-corrected chi connectivity index (χ2v) is 4.57. The Morgan fingerprint density at radius 1 is 1.25 bits per heavy atom. The van der Waals surface area contributed by atoms with E-state index in [1.165, 1.54) is 32.1 Å². The second-order valence-electron chi connectivity index (χ2n) is 4.57. The highest BCUT2D eigenvalue weighted by atomic mass is 14.8. The van der Waals surface area contributed by atoms with Crippen molar-refractivity contribution in [1.29, 1.82) is 0 Å². The molecule has 1 aliphatic rings. The Labute approximate surface area is 75.7 Å². The molecule has 0 unspecified atom stereocenters. The van der Waals surface area contributed by atoms with Crippen LogP contribution in [0.2, 0.25) is 0 Å². The fourth-order valence-electron chi connectivity index (χ4n) is 2.13. The van der Waals surface area contributed by atoms with Crippen molar-refractivity contribution < 1.29 is 0 Å². The normalized spacial score (nSPS) is 25.2. The summed E-state index contributed by atoms with van der Waals surface area (Å²) in [7, 11) is 0. The first-order valence-corrected chi connectivity index (χ1v) is 5.13. The smallest absolute Gasteiger partial charge is 0.0252 e. The molecule has 4 N–H and O–H groups in total. The van der Waals surface area contributed by atoms with E-state index in [4.69, 9.17) is 11.5 Å². The average Bonchev–Trinajstić information content (AvgIpc) is 2.06. The van der Waals surface area contributed by atoms with E-state index in [-0.39, 0.29) is 5.54 Å². The third-order valence-corrected chi connectivity index (χ3v) is 2.95. The molecule has 2 nitrogen and oxygen atoms in total. The Hall–Kier alpha value is -0.0800. The van der Waals surface area contributed by atoms with Gasteiger partial charge in [-0.1, -0.05) is 32.1 Å². The molecule has 1 aliphatic carbocycles. The number of hydrogen-bond donors (Lipinski definition) is 2. The van der Waals surface area contributed by atoms with Crippen LogP contribution in [0.15, 0.2) is 0 Å². The van der Waals surface area contributed by atoms with Gasteiger partial charge in [0.15, 0.2) is 0 Å². The molecule has 1 saturated carbocycles. The third-order valence-electron chi connectivity index (χ3n) is 2.95. The standard InChI is InChI=1S/C10H22N2/c1-10(12,8-11)7-9-5-3-2-4-6-9/h9H,2-8,11-12H2,1H3/t10-/m0/s1. The average molecular weight is 170 g/mol. The molecule has 0 aromatic carbocycles. The van der Waals surface area contributed by atoms with Crippen molar-refractivity contribution in [3.63, 3.8) is 0 Å². The number of hydrogen-bond acceptors (Lipinski definition) is 2. The zero-order chi connectivity index (χ0) is 9.03. The molecule has 0 aliphatic heterocycles. The molecule has 0 saturated heterocycles. The van der Waals surface area contributed by atoms with Gasteiger partial charge in [0.25, 0.3) is 0 Å². The van der Waals surface area contributed by atoms with Gasteiger partial charge in [-0.15, -0.1) is 0 Å². The Balaban J connectivity index is 2.28. The SMILES string of the molecule is C[C@@](N)(CN)CC1CCCCC1. The van der Waals surface area contributed by atoms with Gasteiger partial charge in [-0.25, -0.2) is 0 Å². The maximum atomic E-state index is 6.02. The molecule has 0 heterocycles. The van der Waals surface area contributed by atoms with E-state index < -0.39 is 0 Å². The molecular formula is C10H22N2. The van der Waals surface area contributed by atoms with Crippen LogP contribution in [0, 0.1) is 5.92 Å². The van der Waals surface area contributed by atoms with Gasteiger partial charge < -0.3 is 11.5 Å². The van der Waals surface area contributed by atoms with Gasteiger partial charge in [-0.2, -0.15) is 0 Å². The van der Waals surface area contributed by atoms with Crippen LogP contribution in [0.5, 0.6) is 0 Å². The zero-order valence-electron chi connectivity index (χ0n) is 8.18. The van der Waals surface area contributed by atoms with Crippen LogP contribution in [0.4, 0.5) is 0 Å². The van der Waals surface area contributed by atoms with Gasteiger partial charge in [-0.05, 0) is 19.3 Å². The minimum Gasteiger partial charge on any atom is -0.329 e. The minimum atomic E-state index is -0.123. The number of nitrogens with two attached hydrogens (primary N) is 2. The highest BCUT2D eigenvalue weighted by Crippen LogP contribution is 2.29. The predicted molar refractivity (Wildman–Crippen MR) is 52.8 cm³/mol. The number of rotatable bonds is 3. The fraction of sp³-hybridized carbons (Fsp3) is 1.00. The van der Waals surface area contributed by atoms with E-state index in [9.17, 15) is 0 Å². The molecule has 0 bridgehead atoms. The molecule has 0 aromatic rings. The fourth-order valence-corrected chi connectivity index (χ4v) is 2.13. The van der Waals surface area contributed by atoms with Gasteiger partial charge in [0.1, 0.15) is 0 Å². The minimum absolute atomic E-state index is 0.123. The molecule has 1 rings (SSSR count). The summed E-state index contributed by atoms with van der Waals surface area (Å²) in [6.45, 7) is 2.69. The van der Waals surface area contributed by atoms with Crippen LogP contribution in [-0.2, 0) is 0 Å². The van der Waals surface area contributed by atoms with Crippen molar-refractivity contribution in [3.8, 4) is 0 Å². The predicted octanol–water partition coefficient (Wildman–Crippen LogP) is 1.63. The lowest BCUT2D eigenvalue weighted by Crippen LogP contribution is -2.45. The summed E-state index contributed by atoms with van der Waals surface area (Å²) in [4.78, 5) is 0. The molecule has 1 fully saturated rings. The lowest BCUT2D eigenvalue weighted by molar-refractivity contribution is 0.274. The van der Waals surface area contributed by atoms with Crippen molar-refractivity contribution in [1.82, 2.24) is 0 Å². The third kappa shape index (κ3) is 3.11. The summed E-state index contributed by atoms with van der Waals surface area (Å²) in [5.41, 5.74) is 11.5. The summed E-state index contributed by atoms with van der Waals surface area (Å²) in [5.74, 6) is 0.845. The van der Waals surface area contributed by atoms with Gasteiger partial charge in [-0.3, -0.25) is 0 Å². The van der Waals surface area contributed by atoms with Crippen LogP contribution in [0.25, 0.3) is 0 Å². The second kappa shape index (κ2) is 4.24. The van der Waals surface area contributed by atoms with E-state index >= 15 is 0 Å². The molecule has 0 spiro atoms. The van der Waals surface area contributed by atoms with Crippen LogP contribution >= 0.6 is 0 Å². The zero-order valence-corrected chi connectivity index (χ0v) is 8.18. The summed E-state index contributed by atoms with van der Waals surface area (Å²) in [5, 5.41) is 0. The van der Waals surface area contributed by atoms with Crippen molar-refractivity contribution in [2.75, 3.05) is 6.54 Å².